The maximum absolute atomic E-state index is 2.58. The van der Waals surface area contributed by atoms with Gasteiger partial charge >= 0.3 is 280 Å². The number of halogens is 2. The van der Waals surface area contributed by atoms with Crippen LogP contribution in [0.2, 0.25) is 0 Å². The van der Waals surface area contributed by atoms with Gasteiger partial charge in [0.25, 0.3) is 0 Å². The van der Waals surface area contributed by atoms with Gasteiger partial charge in [-0.3, -0.25) is 0 Å². The Kier molecular flexibility index (Phi) is 11.0. The van der Waals surface area contributed by atoms with Gasteiger partial charge in [-0.2, -0.15) is 0 Å². The minimum Gasteiger partial charge on any atom is -1.00 e. The van der Waals surface area contributed by atoms with Crippen LogP contribution in [0.15, 0.2) is 90.0 Å². The molecule has 0 nitrogen and oxygen atoms in total. The van der Waals surface area contributed by atoms with Crippen molar-refractivity contribution in [3.63, 3.8) is 0 Å². The minimum absolute atomic E-state index is 0. The Bertz CT molecular complexity index is 1780. The molecule has 6 rings (SSSR count). The Morgan fingerprint density at radius 1 is 0.587 bits per heavy atom. The van der Waals surface area contributed by atoms with Crippen molar-refractivity contribution in [1.29, 1.82) is 0 Å². The first-order valence-corrected chi connectivity index (χ1v) is 19.2. The van der Waals surface area contributed by atoms with Crippen molar-refractivity contribution in [2.45, 2.75) is 87.3 Å². The van der Waals surface area contributed by atoms with E-state index in [0.717, 1.165) is 0 Å². The third-order valence-electron chi connectivity index (χ3n) is 9.84. The van der Waals surface area contributed by atoms with E-state index < -0.39 is 23.2 Å². The second kappa shape index (κ2) is 13.7. The quantitative estimate of drug-likeness (QED) is 0.228. The number of rotatable bonds is 5. The fourth-order valence-electron chi connectivity index (χ4n) is 7.12. The van der Waals surface area contributed by atoms with Crippen LogP contribution in [0, 0.1) is 12.8 Å². The molecule has 0 amide bonds. The Hall–Kier alpha value is -2.18. The van der Waals surface area contributed by atoms with Crippen LogP contribution in [0.3, 0.4) is 0 Å². The SMILES string of the molecule is CC1=Cc2c(-c3ccc(C(C)(C)C)cc3)ccc(C)c2[CH]1[Zr+2][CH]1C(C(C)C)=Cc2c(-c3ccc(C(C)(C)C)cc3)cccc21.[Cl-].[Cl-]. The van der Waals surface area contributed by atoms with Crippen LogP contribution in [0.25, 0.3) is 34.4 Å². The summed E-state index contributed by atoms with van der Waals surface area (Å²) >= 11 is -0.973. The zero-order valence-electron chi connectivity index (χ0n) is 29.1. The number of aryl methyl sites for hydroxylation is 1. The van der Waals surface area contributed by atoms with E-state index in [1.807, 2.05) is 0 Å². The molecule has 0 bridgehead atoms. The van der Waals surface area contributed by atoms with Gasteiger partial charge in [-0.25, -0.2) is 0 Å². The smallest absolute Gasteiger partial charge is 1.00 e. The molecule has 0 N–H and O–H groups in total. The topological polar surface area (TPSA) is 0 Å². The summed E-state index contributed by atoms with van der Waals surface area (Å²) in [5.41, 5.74) is 19.3. The van der Waals surface area contributed by atoms with Gasteiger partial charge in [0.15, 0.2) is 0 Å². The maximum atomic E-state index is 2.58. The Balaban J connectivity index is 0.00000240. The molecule has 0 saturated heterocycles. The fourth-order valence-corrected chi connectivity index (χ4v) is 12.7. The standard InChI is InChI=1S/C22H25.C21H23.2ClH.Zr/c1-15(2)18-13-17-7-6-8-20(21(17)14-18)16-9-11-19(12-10-16)22(3,4)5;1-14-12-19-15(2)6-11-18(20(19)13-14)16-7-9-17(10-8-16)21(3,4)5;;;/h6-15H,1-5H3;6-13H,1-5H3;2*1H;/q;;;;+2/p-2. The summed E-state index contributed by atoms with van der Waals surface area (Å²) < 4.78 is 1.19. The number of benzene rings is 4. The largest absolute Gasteiger partial charge is 1.00 e. The molecule has 0 aromatic heterocycles. The maximum Gasteiger partial charge on any atom is -1.00 e. The van der Waals surface area contributed by atoms with Crippen LogP contribution in [0.5, 0.6) is 0 Å². The molecule has 0 aliphatic heterocycles. The summed E-state index contributed by atoms with van der Waals surface area (Å²) in [6.45, 7) is 23.3. The van der Waals surface area contributed by atoms with Gasteiger partial charge in [0.2, 0.25) is 0 Å². The van der Waals surface area contributed by atoms with Crippen LogP contribution >= 0.6 is 0 Å². The van der Waals surface area contributed by atoms with E-state index in [2.05, 4.69) is 160 Å². The van der Waals surface area contributed by atoms with E-state index in [1.165, 1.54) is 50.1 Å². The van der Waals surface area contributed by atoms with Crippen LogP contribution in [-0.2, 0) is 34.1 Å². The number of allylic oxidation sites excluding steroid dienone is 2. The second-order valence-electron chi connectivity index (χ2n) is 15.4. The van der Waals surface area contributed by atoms with Crippen molar-refractivity contribution in [1.82, 2.24) is 0 Å². The van der Waals surface area contributed by atoms with E-state index in [4.69, 9.17) is 0 Å². The van der Waals surface area contributed by atoms with Crippen LogP contribution in [0.1, 0.15) is 109 Å². The van der Waals surface area contributed by atoms with Crippen molar-refractivity contribution in [2.24, 2.45) is 5.92 Å². The second-order valence-corrected chi connectivity index (χ2v) is 19.1. The Labute approximate surface area is 302 Å². The molecule has 0 saturated carbocycles. The van der Waals surface area contributed by atoms with E-state index in [0.29, 0.717) is 13.2 Å². The van der Waals surface area contributed by atoms with Crippen LogP contribution < -0.4 is 24.8 Å². The molecule has 3 heteroatoms. The van der Waals surface area contributed by atoms with Crippen molar-refractivity contribution in [3.8, 4) is 22.3 Å². The molecular formula is C43H48Cl2Zr. The van der Waals surface area contributed by atoms with E-state index in [9.17, 15) is 0 Å². The van der Waals surface area contributed by atoms with Gasteiger partial charge in [0, 0.05) is 0 Å². The summed E-state index contributed by atoms with van der Waals surface area (Å²) in [7, 11) is 0. The molecule has 4 aromatic rings. The first kappa shape index (κ1) is 36.7. The Morgan fingerprint density at radius 3 is 1.61 bits per heavy atom. The van der Waals surface area contributed by atoms with Crippen molar-refractivity contribution in [3.05, 3.63) is 129 Å². The van der Waals surface area contributed by atoms with Gasteiger partial charge in [-0.1, -0.05) is 0 Å². The van der Waals surface area contributed by atoms with Crippen molar-refractivity contribution < 1.29 is 48.0 Å². The molecule has 238 valence electrons. The number of hydrogen-bond donors (Lipinski definition) is 0. The van der Waals surface area contributed by atoms with Gasteiger partial charge in [0.1, 0.15) is 0 Å². The van der Waals surface area contributed by atoms with Gasteiger partial charge < -0.3 is 24.8 Å². The molecule has 4 aromatic carbocycles. The predicted octanol–water partition coefficient (Wildman–Crippen LogP) is 6.27. The number of fused-ring (bicyclic) bond motifs is 2. The summed E-state index contributed by atoms with van der Waals surface area (Å²) in [6.07, 6.45) is 5.11. The molecule has 0 heterocycles. The normalized spacial score (nSPS) is 16.9. The van der Waals surface area contributed by atoms with E-state index in [-0.39, 0.29) is 35.6 Å². The number of hydrogen-bond acceptors (Lipinski definition) is 0. The average Bonchev–Trinajstić information content (AvgIpc) is 3.51. The molecule has 2 aliphatic carbocycles. The molecule has 2 unspecified atom stereocenters. The predicted molar refractivity (Wildman–Crippen MR) is 188 cm³/mol. The third-order valence-corrected chi connectivity index (χ3v) is 14.9. The van der Waals surface area contributed by atoms with E-state index in [1.54, 1.807) is 22.3 Å². The zero-order valence-corrected chi connectivity index (χ0v) is 33.1. The van der Waals surface area contributed by atoms with Gasteiger partial charge in [-0.05, 0) is 0 Å². The average molecular weight is 727 g/mol. The monoisotopic (exact) mass is 724 g/mol. The van der Waals surface area contributed by atoms with Crippen molar-refractivity contribution in [2.75, 3.05) is 0 Å². The van der Waals surface area contributed by atoms with Gasteiger partial charge in [0.05, 0.1) is 0 Å². The van der Waals surface area contributed by atoms with E-state index >= 15 is 0 Å². The molecular weight excluding hydrogens is 679 g/mol. The minimum atomic E-state index is -0.973. The Morgan fingerprint density at radius 2 is 1.11 bits per heavy atom. The fraction of sp³-hybridized carbons (Fsp3) is 0.349. The third kappa shape index (κ3) is 6.86. The van der Waals surface area contributed by atoms with Gasteiger partial charge in [-0.15, -0.1) is 0 Å². The van der Waals surface area contributed by atoms with Crippen LogP contribution in [-0.4, -0.2) is 0 Å². The summed E-state index contributed by atoms with van der Waals surface area (Å²) in [5, 5.41) is 0. The van der Waals surface area contributed by atoms with Crippen molar-refractivity contribution >= 4 is 12.2 Å². The van der Waals surface area contributed by atoms with Crippen LogP contribution in [0.4, 0.5) is 0 Å². The molecule has 2 atom stereocenters. The summed E-state index contributed by atoms with van der Waals surface area (Å²) in [5.74, 6) is 0.545. The first-order chi connectivity index (χ1) is 20.7. The molecule has 0 spiro atoms. The molecule has 2 aliphatic rings. The zero-order chi connectivity index (χ0) is 31.6. The molecule has 46 heavy (non-hydrogen) atoms. The first-order valence-electron chi connectivity index (χ1n) is 16.4. The summed E-state index contributed by atoms with van der Waals surface area (Å²) in [4.78, 5) is 0. The molecule has 0 fully saturated rings. The molecule has 0 radical (unpaired) electrons. The summed E-state index contributed by atoms with van der Waals surface area (Å²) in [6, 6.07) is 30.5.